The van der Waals surface area contributed by atoms with E-state index < -0.39 is 0 Å². The molecule has 3 N–H and O–H groups in total. The maximum atomic E-state index is 12.5. The summed E-state index contributed by atoms with van der Waals surface area (Å²) in [6.07, 6.45) is 0.934. The Hall–Kier alpha value is -1.79. The lowest BCUT2D eigenvalue weighted by Gasteiger charge is -2.21. The molecule has 7 heteroatoms. The second-order valence-electron chi connectivity index (χ2n) is 6.07. The number of furan rings is 1. The number of aryl methyl sites for hydroxylation is 1. The molecule has 2 aromatic heterocycles. The van der Waals surface area contributed by atoms with Gasteiger partial charge in [-0.25, -0.2) is 0 Å². The van der Waals surface area contributed by atoms with Crippen molar-refractivity contribution in [3.8, 4) is 11.5 Å². The van der Waals surface area contributed by atoms with Crippen LogP contribution >= 0.6 is 12.4 Å². The highest BCUT2D eigenvalue weighted by Crippen LogP contribution is 2.29. The number of carbonyl (C=O) groups is 1. The lowest BCUT2D eigenvalue weighted by molar-refractivity contribution is 0.0771. The summed E-state index contributed by atoms with van der Waals surface area (Å²) < 4.78 is 5.53. The predicted molar refractivity (Wildman–Crippen MR) is 86.0 cm³/mol. The molecule has 1 amide bonds. The van der Waals surface area contributed by atoms with Crippen molar-refractivity contribution >= 4 is 18.3 Å². The fraction of sp³-hybridized carbons (Fsp3) is 0.467. The second-order valence-corrected chi connectivity index (χ2v) is 6.07. The van der Waals surface area contributed by atoms with Gasteiger partial charge in [-0.15, -0.1) is 12.4 Å². The minimum atomic E-state index is -0.0575. The number of likely N-dealkylation sites (tertiary alicyclic amines) is 1. The molecule has 0 bridgehead atoms. The Morgan fingerprint density at radius 1 is 1.55 bits per heavy atom. The van der Waals surface area contributed by atoms with Gasteiger partial charge in [-0.1, -0.05) is 6.92 Å². The molecule has 22 heavy (non-hydrogen) atoms. The molecular formula is C15H21ClN4O2. The highest BCUT2D eigenvalue weighted by atomic mass is 35.5. The van der Waals surface area contributed by atoms with Crippen molar-refractivity contribution in [2.75, 3.05) is 19.6 Å². The van der Waals surface area contributed by atoms with Crippen molar-refractivity contribution in [3.05, 3.63) is 29.7 Å². The first kappa shape index (κ1) is 16.6. The molecule has 0 spiro atoms. The fourth-order valence-electron chi connectivity index (χ4n) is 2.66. The molecule has 1 aliphatic heterocycles. The Labute approximate surface area is 135 Å². The van der Waals surface area contributed by atoms with Crippen LogP contribution in [-0.2, 0) is 0 Å². The average Bonchev–Trinajstić information content (AvgIpc) is 3.17. The molecule has 0 saturated carbocycles. The van der Waals surface area contributed by atoms with Crippen LogP contribution in [0.2, 0.25) is 0 Å². The van der Waals surface area contributed by atoms with E-state index in [1.807, 2.05) is 24.0 Å². The number of hydrogen-bond donors (Lipinski definition) is 2. The van der Waals surface area contributed by atoms with Gasteiger partial charge >= 0.3 is 0 Å². The normalized spacial score (nSPS) is 21.0. The van der Waals surface area contributed by atoms with E-state index in [-0.39, 0.29) is 23.7 Å². The van der Waals surface area contributed by atoms with Crippen LogP contribution in [0.3, 0.4) is 0 Å². The molecule has 0 radical (unpaired) electrons. The molecular weight excluding hydrogens is 304 g/mol. The highest BCUT2D eigenvalue weighted by molar-refractivity contribution is 5.93. The number of aromatic nitrogens is 2. The van der Waals surface area contributed by atoms with Crippen molar-refractivity contribution in [2.24, 2.45) is 11.1 Å². The summed E-state index contributed by atoms with van der Waals surface area (Å²) in [5.41, 5.74) is 6.93. The Morgan fingerprint density at radius 2 is 2.32 bits per heavy atom. The summed E-state index contributed by atoms with van der Waals surface area (Å²) in [4.78, 5) is 14.3. The number of rotatable bonds is 3. The van der Waals surface area contributed by atoms with Crippen LogP contribution in [0.25, 0.3) is 11.5 Å². The zero-order chi connectivity index (χ0) is 15.0. The molecule has 1 fully saturated rings. The van der Waals surface area contributed by atoms with Crippen molar-refractivity contribution in [2.45, 2.75) is 20.3 Å². The molecule has 1 aliphatic rings. The van der Waals surface area contributed by atoms with Crippen LogP contribution < -0.4 is 5.73 Å². The van der Waals surface area contributed by atoms with Crippen molar-refractivity contribution in [1.82, 2.24) is 15.1 Å². The van der Waals surface area contributed by atoms with Gasteiger partial charge in [0.05, 0.1) is 0 Å². The van der Waals surface area contributed by atoms with Crippen LogP contribution in [0.4, 0.5) is 0 Å². The molecule has 3 heterocycles. The van der Waals surface area contributed by atoms with Gasteiger partial charge < -0.3 is 15.1 Å². The van der Waals surface area contributed by atoms with E-state index in [1.54, 1.807) is 6.07 Å². The summed E-state index contributed by atoms with van der Waals surface area (Å²) >= 11 is 0. The summed E-state index contributed by atoms with van der Waals surface area (Å²) in [6.45, 7) is 6.00. The van der Waals surface area contributed by atoms with E-state index in [1.165, 1.54) is 0 Å². The summed E-state index contributed by atoms with van der Waals surface area (Å²) in [5, 5.41) is 6.97. The first-order valence-corrected chi connectivity index (χ1v) is 7.12. The van der Waals surface area contributed by atoms with Crippen LogP contribution in [0.1, 0.15) is 29.6 Å². The predicted octanol–water partition coefficient (Wildman–Crippen LogP) is 2.21. The van der Waals surface area contributed by atoms with Crippen LogP contribution in [0, 0.1) is 12.3 Å². The van der Waals surface area contributed by atoms with Crippen LogP contribution in [0.15, 0.2) is 22.6 Å². The third kappa shape index (κ3) is 3.03. The van der Waals surface area contributed by atoms with E-state index in [0.29, 0.717) is 30.2 Å². The number of nitrogens with zero attached hydrogens (tertiary/aromatic N) is 2. The Bertz CT molecular complexity index is 666. The quantitative estimate of drug-likeness (QED) is 0.906. The Morgan fingerprint density at radius 3 is 2.91 bits per heavy atom. The number of nitrogens with two attached hydrogens (primary N) is 1. The third-order valence-electron chi connectivity index (χ3n) is 4.14. The van der Waals surface area contributed by atoms with Gasteiger partial charge in [-0.2, -0.15) is 5.10 Å². The smallest absolute Gasteiger partial charge is 0.274 e. The van der Waals surface area contributed by atoms with Crippen molar-refractivity contribution in [1.29, 1.82) is 0 Å². The van der Waals surface area contributed by atoms with Gasteiger partial charge in [0.1, 0.15) is 11.5 Å². The maximum Gasteiger partial charge on any atom is 0.274 e. The number of hydrogen-bond acceptors (Lipinski definition) is 4. The zero-order valence-corrected chi connectivity index (χ0v) is 13.6. The summed E-state index contributed by atoms with van der Waals surface area (Å²) in [6, 6.07) is 5.47. The van der Waals surface area contributed by atoms with Gasteiger partial charge in [-0.3, -0.25) is 9.89 Å². The Kier molecular flexibility index (Phi) is 4.63. The minimum absolute atomic E-state index is 0. The lowest BCUT2D eigenvalue weighted by atomic mass is 9.90. The van der Waals surface area contributed by atoms with Gasteiger partial charge in [-0.05, 0) is 37.4 Å². The minimum Gasteiger partial charge on any atom is -0.460 e. The summed E-state index contributed by atoms with van der Waals surface area (Å²) in [5.74, 6) is 1.45. The number of H-pyrrole nitrogens is 1. The largest absolute Gasteiger partial charge is 0.460 e. The number of aromatic amines is 1. The maximum absolute atomic E-state index is 12.5. The highest BCUT2D eigenvalue weighted by Gasteiger charge is 2.35. The number of halogens is 1. The molecule has 1 atom stereocenters. The molecule has 1 saturated heterocycles. The zero-order valence-electron chi connectivity index (χ0n) is 12.8. The Balaban J connectivity index is 0.00000176. The van der Waals surface area contributed by atoms with Crippen LogP contribution in [-0.4, -0.2) is 40.6 Å². The topological polar surface area (TPSA) is 88.1 Å². The number of nitrogens with one attached hydrogen (secondary N) is 1. The molecule has 6 nitrogen and oxygen atoms in total. The molecule has 3 rings (SSSR count). The molecule has 2 aromatic rings. The van der Waals surface area contributed by atoms with Crippen LogP contribution in [0.5, 0.6) is 0 Å². The fourth-order valence-corrected chi connectivity index (χ4v) is 2.66. The summed E-state index contributed by atoms with van der Waals surface area (Å²) in [7, 11) is 0. The first-order valence-electron chi connectivity index (χ1n) is 7.12. The van der Waals surface area contributed by atoms with Gasteiger partial charge in [0.15, 0.2) is 11.5 Å². The number of amides is 1. The van der Waals surface area contributed by atoms with Crippen molar-refractivity contribution in [3.63, 3.8) is 0 Å². The van der Waals surface area contributed by atoms with Gasteiger partial charge in [0.25, 0.3) is 5.91 Å². The first-order chi connectivity index (χ1) is 10.0. The molecule has 0 aliphatic carbocycles. The van der Waals surface area contributed by atoms with Crippen molar-refractivity contribution < 1.29 is 9.21 Å². The monoisotopic (exact) mass is 324 g/mol. The average molecular weight is 325 g/mol. The molecule has 0 aromatic carbocycles. The van der Waals surface area contributed by atoms with E-state index in [9.17, 15) is 4.79 Å². The van der Waals surface area contributed by atoms with E-state index in [4.69, 9.17) is 10.2 Å². The van der Waals surface area contributed by atoms with E-state index in [0.717, 1.165) is 18.7 Å². The lowest BCUT2D eigenvalue weighted by Crippen LogP contribution is -2.34. The standard InChI is InChI=1S/C15H20N4O2.ClH/c1-10-3-4-13(21-10)11-7-12(18-17-11)14(20)19-6-5-15(2,8-16)9-19;/h3-4,7H,5-6,8-9,16H2,1-2H3,(H,17,18);1H. The van der Waals surface area contributed by atoms with Gasteiger partial charge in [0.2, 0.25) is 0 Å². The van der Waals surface area contributed by atoms with E-state index >= 15 is 0 Å². The third-order valence-corrected chi connectivity index (χ3v) is 4.14. The number of carbonyl (C=O) groups excluding carboxylic acids is 1. The van der Waals surface area contributed by atoms with Gasteiger partial charge in [0, 0.05) is 19.2 Å². The SMILES string of the molecule is Cc1ccc(-c2cc(C(=O)N3CCC(C)(CN)C3)n[nH]2)o1.Cl. The van der Waals surface area contributed by atoms with E-state index in [2.05, 4.69) is 17.1 Å². The molecule has 120 valence electrons. The molecule has 1 unspecified atom stereocenters. The second kappa shape index (κ2) is 6.14.